The van der Waals surface area contributed by atoms with E-state index in [0.29, 0.717) is 5.92 Å². The second kappa shape index (κ2) is 6.40. The Morgan fingerprint density at radius 3 is 2.73 bits per heavy atom. The number of halogens is 1. The van der Waals surface area contributed by atoms with Crippen LogP contribution in [0.5, 0.6) is 0 Å². The van der Waals surface area contributed by atoms with Gasteiger partial charge in [0.15, 0.2) is 5.82 Å². The van der Waals surface area contributed by atoms with Crippen molar-refractivity contribution in [3.05, 3.63) is 40.7 Å². The summed E-state index contributed by atoms with van der Waals surface area (Å²) in [6.45, 7) is 4.24. The lowest BCUT2D eigenvalue weighted by Gasteiger charge is -2.19. The Hall–Kier alpha value is -1.37. The molecule has 22 heavy (non-hydrogen) atoms. The number of rotatable bonds is 4. The minimum Gasteiger partial charge on any atom is -0.321 e. The summed E-state index contributed by atoms with van der Waals surface area (Å²) < 4.78 is 1.79. The highest BCUT2D eigenvalue weighted by molar-refractivity contribution is 7.99. The lowest BCUT2D eigenvalue weighted by atomic mass is 10.00. The largest absolute Gasteiger partial charge is 0.321 e. The van der Waals surface area contributed by atoms with Gasteiger partial charge >= 0.3 is 0 Å². The molecule has 2 heterocycles. The fourth-order valence-corrected chi connectivity index (χ4v) is 3.21. The molecule has 2 aromatic rings. The minimum absolute atomic E-state index is 0.167. The third-order valence-electron chi connectivity index (χ3n) is 3.93. The molecule has 1 aliphatic heterocycles. The number of hydrogen-bond donors (Lipinski definition) is 1. The van der Waals surface area contributed by atoms with E-state index in [4.69, 9.17) is 22.4 Å². The van der Waals surface area contributed by atoms with Crippen LogP contribution in [-0.2, 0) is 0 Å². The number of nitrogens with zero attached hydrogens (tertiary/aromatic N) is 4. The SMILES string of the molecule is CCC(C)C(N)c1nnc2n1N=C(c1ccc(Cl)cc1)CS2. The van der Waals surface area contributed by atoms with Crippen LogP contribution in [0.3, 0.4) is 0 Å². The highest BCUT2D eigenvalue weighted by Gasteiger charge is 2.25. The first-order valence-corrected chi connectivity index (χ1v) is 8.64. The number of fused-ring (bicyclic) bond motifs is 1. The van der Waals surface area contributed by atoms with E-state index in [2.05, 4.69) is 24.0 Å². The van der Waals surface area contributed by atoms with Crippen molar-refractivity contribution in [2.45, 2.75) is 31.5 Å². The van der Waals surface area contributed by atoms with Gasteiger partial charge in [0.1, 0.15) is 0 Å². The second-order valence-corrected chi connectivity index (χ2v) is 6.79. The smallest absolute Gasteiger partial charge is 0.212 e. The van der Waals surface area contributed by atoms with Gasteiger partial charge in [-0.15, -0.1) is 10.2 Å². The minimum atomic E-state index is -0.167. The van der Waals surface area contributed by atoms with Gasteiger partial charge < -0.3 is 5.73 Å². The Labute approximate surface area is 138 Å². The van der Waals surface area contributed by atoms with Crippen LogP contribution in [-0.4, -0.2) is 26.3 Å². The summed E-state index contributed by atoms with van der Waals surface area (Å²) in [6.07, 6.45) is 0.990. The third kappa shape index (κ3) is 2.91. The molecule has 0 saturated heterocycles. The molecule has 7 heteroatoms. The normalized spacial score (nSPS) is 16.8. The first-order chi connectivity index (χ1) is 10.6. The van der Waals surface area contributed by atoms with Crippen LogP contribution >= 0.6 is 23.4 Å². The summed E-state index contributed by atoms with van der Waals surface area (Å²) in [6, 6.07) is 7.53. The van der Waals surface area contributed by atoms with Crippen molar-refractivity contribution in [3.63, 3.8) is 0 Å². The van der Waals surface area contributed by atoms with Gasteiger partial charge in [-0.25, -0.2) is 0 Å². The Morgan fingerprint density at radius 2 is 2.05 bits per heavy atom. The average molecular weight is 336 g/mol. The lowest BCUT2D eigenvalue weighted by Crippen LogP contribution is -2.24. The molecule has 0 aliphatic carbocycles. The summed E-state index contributed by atoms with van der Waals surface area (Å²) in [5, 5.41) is 14.7. The van der Waals surface area contributed by atoms with Crippen molar-refractivity contribution in [3.8, 4) is 0 Å². The molecule has 5 nitrogen and oxygen atoms in total. The second-order valence-electron chi connectivity index (χ2n) is 5.41. The zero-order valence-electron chi connectivity index (χ0n) is 12.5. The molecule has 0 bridgehead atoms. The van der Waals surface area contributed by atoms with Gasteiger partial charge in [-0.3, -0.25) is 0 Å². The maximum atomic E-state index is 6.30. The topological polar surface area (TPSA) is 69.1 Å². The quantitative estimate of drug-likeness (QED) is 0.930. The molecule has 1 aromatic carbocycles. The van der Waals surface area contributed by atoms with E-state index in [0.717, 1.165) is 39.5 Å². The maximum absolute atomic E-state index is 6.30. The van der Waals surface area contributed by atoms with Crippen molar-refractivity contribution in [1.29, 1.82) is 0 Å². The van der Waals surface area contributed by atoms with Gasteiger partial charge in [0, 0.05) is 10.8 Å². The molecule has 1 aromatic heterocycles. The first-order valence-electron chi connectivity index (χ1n) is 7.27. The van der Waals surface area contributed by atoms with E-state index in [-0.39, 0.29) is 6.04 Å². The van der Waals surface area contributed by atoms with E-state index in [1.165, 1.54) is 0 Å². The van der Waals surface area contributed by atoms with Crippen LogP contribution in [0.25, 0.3) is 0 Å². The van der Waals surface area contributed by atoms with E-state index in [1.54, 1.807) is 16.4 Å². The maximum Gasteiger partial charge on any atom is 0.212 e. The van der Waals surface area contributed by atoms with Gasteiger partial charge in [0.2, 0.25) is 5.16 Å². The number of hydrogen-bond acceptors (Lipinski definition) is 5. The molecule has 2 N–H and O–H groups in total. The van der Waals surface area contributed by atoms with Crippen LogP contribution in [0.4, 0.5) is 0 Å². The Kier molecular flexibility index (Phi) is 4.52. The fraction of sp³-hybridized carbons (Fsp3) is 0.400. The van der Waals surface area contributed by atoms with Gasteiger partial charge in [0.05, 0.1) is 11.8 Å². The van der Waals surface area contributed by atoms with Crippen LogP contribution in [0, 0.1) is 5.92 Å². The van der Waals surface area contributed by atoms with Crippen molar-refractivity contribution in [2.75, 3.05) is 5.75 Å². The summed E-state index contributed by atoms with van der Waals surface area (Å²) in [5.41, 5.74) is 8.34. The summed E-state index contributed by atoms with van der Waals surface area (Å²) in [7, 11) is 0. The molecule has 3 rings (SSSR count). The molecular weight excluding hydrogens is 318 g/mol. The summed E-state index contributed by atoms with van der Waals surface area (Å²) >= 11 is 7.57. The predicted molar refractivity (Wildman–Crippen MR) is 90.5 cm³/mol. The number of nitrogens with two attached hydrogens (primary N) is 1. The van der Waals surface area contributed by atoms with E-state index >= 15 is 0 Å². The molecule has 0 radical (unpaired) electrons. The monoisotopic (exact) mass is 335 g/mol. The Bertz CT molecular complexity index is 694. The van der Waals surface area contributed by atoms with Crippen LogP contribution in [0.1, 0.15) is 37.7 Å². The Morgan fingerprint density at radius 1 is 1.32 bits per heavy atom. The average Bonchev–Trinajstić information content (AvgIpc) is 2.97. The van der Waals surface area contributed by atoms with Crippen molar-refractivity contribution < 1.29 is 0 Å². The predicted octanol–water partition coefficient (Wildman–Crippen LogP) is 3.34. The highest BCUT2D eigenvalue weighted by Crippen LogP contribution is 2.28. The number of aromatic nitrogens is 3. The van der Waals surface area contributed by atoms with E-state index in [9.17, 15) is 0 Å². The standard InChI is InChI=1S/C15H18ClN5S/c1-3-9(2)13(17)14-18-19-15-21(14)20-12(8-22-15)10-4-6-11(16)7-5-10/h4-7,9,13H,3,8,17H2,1-2H3. The van der Waals surface area contributed by atoms with Crippen LogP contribution in [0.2, 0.25) is 5.02 Å². The third-order valence-corrected chi connectivity index (χ3v) is 5.11. The summed E-state index contributed by atoms with van der Waals surface area (Å²) in [5.74, 6) is 1.82. The molecule has 1 aliphatic rings. The molecule has 0 amide bonds. The zero-order valence-corrected chi connectivity index (χ0v) is 14.1. The molecule has 2 unspecified atom stereocenters. The van der Waals surface area contributed by atoms with Gasteiger partial charge in [-0.05, 0) is 23.6 Å². The van der Waals surface area contributed by atoms with Gasteiger partial charge in [0.25, 0.3) is 0 Å². The van der Waals surface area contributed by atoms with Crippen LogP contribution in [0.15, 0.2) is 34.5 Å². The van der Waals surface area contributed by atoms with E-state index in [1.807, 2.05) is 24.3 Å². The first kappa shape index (κ1) is 15.5. The molecule has 0 fully saturated rings. The molecule has 0 saturated carbocycles. The zero-order chi connectivity index (χ0) is 15.7. The molecule has 116 valence electrons. The van der Waals surface area contributed by atoms with Crippen LogP contribution < -0.4 is 5.73 Å². The fourth-order valence-electron chi connectivity index (χ4n) is 2.24. The Balaban J connectivity index is 1.97. The van der Waals surface area contributed by atoms with Crippen molar-refractivity contribution in [2.24, 2.45) is 16.8 Å². The van der Waals surface area contributed by atoms with Gasteiger partial charge in [-0.2, -0.15) is 9.78 Å². The summed E-state index contributed by atoms with van der Waals surface area (Å²) in [4.78, 5) is 0. The number of benzene rings is 1. The van der Waals surface area contributed by atoms with Crippen molar-refractivity contribution >= 4 is 29.1 Å². The highest BCUT2D eigenvalue weighted by atomic mass is 35.5. The molecule has 2 atom stereocenters. The number of thioether (sulfide) groups is 1. The molecule has 0 spiro atoms. The molecular formula is C15H18ClN5S. The lowest BCUT2D eigenvalue weighted by molar-refractivity contribution is 0.425. The van der Waals surface area contributed by atoms with Gasteiger partial charge in [-0.1, -0.05) is 55.8 Å². The van der Waals surface area contributed by atoms with Crippen molar-refractivity contribution in [1.82, 2.24) is 14.9 Å². The van der Waals surface area contributed by atoms with E-state index < -0.39 is 0 Å².